The van der Waals surface area contributed by atoms with Gasteiger partial charge in [0.2, 0.25) is 5.82 Å². The van der Waals surface area contributed by atoms with Crippen LogP contribution in [0.2, 0.25) is 0 Å². The Kier molecular flexibility index (Phi) is 5.10. The highest BCUT2D eigenvalue weighted by Gasteiger charge is 2.26. The number of rotatable bonds is 6. The lowest BCUT2D eigenvalue weighted by atomic mass is 10.3. The number of hydrogen-bond acceptors (Lipinski definition) is 4. The topological polar surface area (TPSA) is 75.9 Å². The molecular weight excluding hydrogens is 308 g/mol. The minimum atomic E-state index is -0.268. The first-order valence-electron chi connectivity index (χ1n) is 8.26. The highest BCUT2D eigenvalue weighted by atomic mass is 16.5. The molecule has 2 aromatic heterocycles. The van der Waals surface area contributed by atoms with E-state index in [0.29, 0.717) is 24.5 Å². The molecule has 2 aromatic rings. The zero-order chi connectivity index (χ0) is 16.9. The van der Waals surface area contributed by atoms with E-state index in [1.807, 2.05) is 12.1 Å². The highest BCUT2D eigenvalue weighted by Crippen LogP contribution is 2.17. The standard InChI is InChI=1S/C17H22N4O3/c1-24-12-6-8-18-16(22)14-13-7-2-3-11-21(13)15(19-14)17(23)20-9-4-5-10-20/h2-3,7,11H,4-6,8-10,12H2,1H3,(H,18,22). The van der Waals surface area contributed by atoms with Gasteiger partial charge < -0.3 is 15.0 Å². The van der Waals surface area contributed by atoms with Crippen molar-refractivity contribution in [1.29, 1.82) is 0 Å². The monoisotopic (exact) mass is 330 g/mol. The van der Waals surface area contributed by atoms with Gasteiger partial charge in [-0.3, -0.25) is 14.0 Å². The predicted octanol–water partition coefficient (Wildman–Crippen LogP) is 1.34. The van der Waals surface area contributed by atoms with Crippen LogP contribution >= 0.6 is 0 Å². The molecule has 1 fully saturated rings. The third kappa shape index (κ3) is 3.26. The number of fused-ring (bicyclic) bond motifs is 1. The Morgan fingerprint density at radius 1 is 1.29 bits per heavy atom. The Hall–Kier alpha value is -2.41. The summed E-state index contributed by atoms with van der Waals surface area (Å²) in [4.78, 5) is 31.3. The van der Waals surface area contributed by atoms with Gasteiger partial charge in [-0.25, -0.2) is 4.98 Å². The van der Waals surface area contributed by atoms with Crippen molar-refractivity contribution in [3.05, 3.63) is 35.9 Å². The van der Waals surface area contributed by atoms with Crippen LogP contribution in [-0.2, 0) is 4.74 Å². The Bertz CT molecular complexity index is 735. The molecule has 1 N–H and O–H groups in total. The summed E-state index contributed by atoms with van der Waals surface area (Å²) >= 11 is 0. The van der Waals surface area contributed by atoms with Crippen molar-refractivity contribution in [2.24, 2.45) is 0 Å². The number of hydrogen-bond donors (Lipinski definition) is 1. The molecule has 7 heteroatoms. The van der Waals surface area contributed by atoms with Gasteiger partial charge in [-0.15, -0.1) is 0 Å². The zero-order valence-electron chi connectivity index (χ0n) is 13.8. The van der Waals surface area contributed by atoms with Crippen molar-refractivity contribution < 1.29 is 14.3 Å². The maximum Gasteiger partial charge on any atom is 0.290 e. The van der Waals surface area contributed by atoms with Gasteiger partial charge in [0.25, 0.3) is 11.8 Å². The number of nitrogens with zero attached hydrogens (tertiary/aromatic N) is 3. The molecule has 0 atom stereocenters. The summed E-state index contributed by atoms with van der Waals surface area (Å²) in [7, 11) is 1.63. The molecule has 0 unspecified atom stereocenters. The molecule has 0 radical (unpaired) electrons. The van der Waals surface area contributed by atoms with Crippen LogP contribution in [0.3, 0.4) is 0 Å². The molecule has 0 spiro atoms. The van der Waals surface area contributed by atoms with E-state index in [-0.39, 0.29) is 17.5 Å². The van der Waals surface area contributed by atoms with Crippen molar-refractivity contribution >= 4 is 17.3 Å². The van der Waals surface area contributed by atoms with Crippen LogP contribution in [-0.4, -0.2) is 59.4 Å². The minimum absolute atomic E-state index is 0.118. The van der Waals surface area contributed by atoms with Crippen LogP contribution in [0.25, 0.3) is 5.52 Å². The molecule has 2 amide bonds. The van der Waals surface area contributed by atoms with Crippen LogP contribution in [0.1, 0.15) is 40.4 Å². The molecule has 7 nitrogen and oxygen atoms in total. The van der Waals surface area contributed by atoms with E-state index in [0.717, 1.165) is 32.4 Å². The van der Waals surface area contributed by atoms with Crippen LogP contribution in [0.4, 0.5) is 0 Å². The lowest BCUT2D eigenvalue weighted by Gasteiger charge is -2.13. The molecule has 1 saturated heterocycles. The fraction of sp³-hybridized carbons (Fsp3) is 0.471. The van der Waals surface area contributed by atoms with Crippen LogP contribution in [0.5, 0.6) is 0 Å². The molecular formula is C17H22N4O3. The van der Waals surface area contributed by atoms with Gasteiger partial charge in [-0.2, -0.15) is 0 Å². The molecule has 24 heavy (non-hydrogen) atoms. The first-order valence-corrected chi connectivity index (χ1v) is 8.26. The molecule has 0 aromatic carbocycles. The Morgan fingerprint density at radius 3 is 2.83 bits per heavy atom. The van der Waals surface area contributed by atoms with E-state index in [1.165, 1.54) is 0 Å². The van der Waals surface area contributed by atoms with Crippen LogP contribution in [0, 0.1) is 0 Å². The van der Waals surface area contributed by atoms with E-state index in [4.69, 9.17) is 4.74 Å². The number of carbonyl (C=O) groups excluding carboxylic acids is 2. The number of methoxy groups -OCH3 is 1. The van der Waals surface area contributed by atoms with Crippen molar-refractivity contribution in [2.45, 2.75) is 19.3 Å². The number of likely N-dealkylation sites (tertiary alicyclic amines) is 1. The summed E-state index contributed by atoms with van der Waals surface area (Å²) in [6.45, 7) is 2.59. The molecule has 1 aliphatic rings. The quantitative estimate of drug-likeness (QED) is 0.811. The molecule has 128 valence electrons. The van der Waals surface area contributed by atoms with E-state index < -0.39 is 0 Å². The fourth-order valence-electron chi connectivity index (χ4n) is 2.92. The number of pyridine rings is 1. The normalized spacial score (nSPS) is 14.3. The zero-order valence-corrected chi connectivity index (χ0v) is 13.8. The summed E-state index contributed by atoms with van der Waals surface area (Å²) in [6, 6.07) is 5.47. The van der Waals surface area contributed by atoms with Crippen molar-refractivity contribution in [2.75, 3.05) is 33.4 Å². The summed E-state index contributed by atoms with van der Waals surface area (Å²) in [6.07, 6.45) is 4.53. The fourth-order valence-corrected chi connectivity index (χ4v) is 2.92. The second-order valence-electron chi connectivity index (χ2n) is 5.84. The van der Waals surface area contributed by atoms with Crippen molar-refractivity contribution in [3.63, 3.8) is 0 Å². The third-order valence-electron chi connectivity index (χ3n) is 4.16. The second kappa shape index (κ2) is 7.44. The molecule has 0 aliphatic carbocycles. The average molecular weight is 330 g/mol. The second-order valence-corrected chi connectivity index (χ2v) is 5.84. The van der Waals surface area contributed by atoms with Crippen molar-refractivity contribution in [3.8, 4) is 0 Å². The van der Waals surface area contributed by atoms with Gasteiger partial charge in [0.05, 0.1) is 5.52 Å². The molecule has 3 rings (SSSR count). The lowest BCUT2D eigenvalue weighted by molar-refractivity contribution is 0.0780. The maximum absolute atomic E-state index is 12.7. The van der Waals surface area contributed by atoms with Gasteiger partial charge in [-0.1, -0.05) is 6.07 Å². The molecule has 1 aliphatic heterocycles. The Morgan fingerprint density at radius 2 is 2.08 bits per heavy atom. The van der Waals surface area contributed by atoms with E-state index in [2.05, 4.69) is 10.3 Å². The molecule has 0 bridgehead atoms. The van der Waals surface area contributed by atoms with Gasteiger partial charge in [-0.05, 0) is 31.4 Å². The number of carbonyl (C=O) groups is 2. The summed E-state index contributed by atoms with van der Waals surface area (Å²) in [5.41, 5.74) is 0.930. The third-order valence-corrected chi connectivity index (χ3v) is 4.16. The Balaban J connectivity index is 1.86. The average Bonchev–Trinajstić information content (AvgIpc) is 3.26. The van der Waals surface area contributed by atoms with Gasteiger partial charge in [0.1, 0.15) is 0 Å². The number of imidazole rings is 1. The Labute approximate surface area is 140 Å². The summed E-state index contributed by atoms with van der Waals surface area (Å²) < 4.78 is 6.67. The highest BCUT2D eigenvalue weighted by molar-refractivity contribution is 6.02. The first-order chi connectivity index (χ1) is 11.7. The van der Waals surface area contributed by atoms with Gasteiger partial charge >= 0.3 is 0 Å². The maximum atomic E-state index is 12.7. The number of aromatic nitrogens is 2. The number of nitrogens with one attached hydrogen (secondary N) is 1. The van der Waals surface area contributed by atoms with Gasteiger partial charge in [0.15, 0.2) is 5.69 Å². The lowest BCUT2D eigenvalue weighted by Crippen LogP contribution is -2.29. The predicted molar refractivity (Wildman–Crippen MR) is 89.2 cm³/mol. The van der Waals surface area contributed by atoms with Gasteiger partial charge in [0, 0.05) is 39.5 Å². The smallest absolute Gasteiger partial charge is 0.290 e. The molecule has 0 saturated carbocycles. The minimum Gasteiger partial charge on any atom is -0.385 e. The number of amides is 2. The van der Waals surface area contributed by atoms with E-state index in [9.17, 15) is 9.59 Å². The first kappa shape index (κ1) is 16.4. The SMILES string of the molecule is COCCCNC(=O)c1nc(C(=O)N2CCCC2)n2ccccc12. The van der Waals surface area contributed by atoms with E-state index in [1.54, 1.807) is 28.7 Å². The number of ether oxygens (including phenoxy) is 1. The largest absolute Gasteiger partial charge is 0.385 e. The summed E-state index contributed by atoms with van der Waals surface area (Å²) in [5, 5.41) is 2.83. The summed E-state index contributed by atoms with van der Waals surface area (Å²) in [5.74, 6) is -0.0862. The van der Waals surface area contributed by atoms with E-state index >= 15 is 0 Å². The van der Waals surface area contributed by atoms with Crippen molar-refractivity contribution in [1.82, 2.24) is 19.6 Å². The van der Waals surface area contributed by atoms with Crippen LogP contribution in [0.15, 0.2) is 24.4 Å². The van der Waals surface area contributed by atoms with Crippen LogP contribution < -0.4 is 5.32 Å². The molecule has 3 heterocycles.